The highest BCUT2D eigenvalue weighted by Gasteiger charge is 2.19. The highest BCUT2D eigenvalue weighted by molar-refractivity contribution is 5.96. The maximum absolute atomic E-state index is 11.8. The minimum absolute atomic E-state index is 0.268. The fourth-order valence-electron chi connectivity index (χ4n) is 3.31. The van der Waals surface area contributed by atoms with Crippen molar-refractivity contribution in [2.45, 2.75) is 33.2 Å². The summed E-state index contributed by atoms with van der Waals surface area (Å²) in [6.45, 7) is 6.67. The lowest BCUT2D eigenvalue weighted by molar-refractivity contribution is 0.0686. The number of rotatable bonds is 4. The van der Waals surface area contributed by atoms with E-state index in [9.17, 15) is 9.90 Å². The molecule has 25 heavy (non-hydrogen) atoms. The summed E-state index contributed by atoms with van der Waals surface area (Å²) in [5.74, 6) is -0.664. The van der Waals surface area contributed by atoms with Gasteiger partial charge in [0.25, 0.3) is 0 Å². The molecular weight excluding hydrogens is 312 g/mol. The van der Waals surface area contributed by atoms with E-state index in [4.69, 9.17) is 5.26 Å². The van der Waals surface area contributed by atoms with Gasteiger partial charge in [0.1, 0.15) is 5.69 Å². The first-order valence-corrected chi connectivity index (χ1v) is 8.27. The molecule has 1 N–H and O–H groups in total. The Balaban J connectivity index is 2.26. The molecule has 0 aliphatic rings. The number of nitrogens with zero attached hydrogens (tertiary/aromatic N) is 2. The van der Waals surface area contributed by atoms with Gasteiger partial charge in [0.05, 0.1) is 17.1 Å². The van der Waals surface area contributed by atoms with Gasteiger partial charge in [-0.3, -0.25) is 0 Å². The third kappa shape index (κ3) is 3.14. The minimum Gasteiger partial charge on any atom is -0.477 e. The van der Waals surface area contributed by atoms with Crippen molar-refractivity contribution in [3.8, 4) is 6.07 Å². The van der Waals surface area contributed by atoms with Gasteiger partial charge < -0.3 is 9.67 Å². The van der Waals surface area contributed by atoms with Crippen molar-refractivity contribution in [2.75, 3.05) is 0 Å². The van der Waals surface area contributed by atoms with Crippen molar-refractivity contribution in [3.63, 3.8) is 0 Å². The number of benzene rings is 2. The number of aromatic carboxylic acids is 1. The number of nitriles is 1. The second-order valence-electron chi connectivity index (χ2n) is 6.68. The van der Waals surface area contributed by atoms with Crippen LogP contribution in [-0.2, 0) is 6.54 Å². The first-order chi connectivity index (χ1) is 11.9. The molecule has 4 heteroatoms. The molecule has 0 amide bonds. The Morgan fingerprint density at radius 2 is 2.00 bits per heavy atom. The number of aryl methyl sites for hydroxylation is 1. The molecule has 126 valence electrons. The van der Waals surface area contributed by atoms with E-state index >= 15 is 0 Å². The lowest BCUT2D eigenvalue weighted by Crippen LogP contribution is -2.10. The summed E-state index contributed by atoms with van der Waals surface area (Å²) in [4.78, 5) is 11.8. The van der Waals surface area contributed by atoms with Crippen LogP contribution in [0.25, 0.3) is 10.9 Å². The number of carbonyl (C=O) groups is 1. The number of aromatic nitrogens is 1. The quantitative estimate of drug-likeness (QED) is 0.753. The number of carboxylic acids is 1. The predicted molar refractivity (Wildman–Crippen MR) is 98.0 cm³/mol. The lowest BCUT2D eigenvalue weighted by Gasteiger charge is -2.15. The van der Waals surface area contributed by atoms with Crippen LogP contribution < -0.4 is 0 Å². The average molecular weight is 332 g/mol. The normalized spacial score (nSPS) is 11.0. The SMILES string of the molecule is Cc1cc(C(C)C)c2c(c1)cc(C(=O)O)n2Cc1cccc(C#N)c1. The smallest absolute Gasteiger partial charge is 0.352 e. The molecule has 3 aromatic rings. The van der Waals surface area contributed by atoms with Crippen LogP contribution in [0.3, 0.4) is 0 Å². The number of carboxylic acid groups (broad SMARTS) is 1. The molecule has 0 atom stereocenters. The molecule has 0 fully saturated rings. The van der Waals surface area contributed by atoms with Gasteiger partial charge in [-0.05, 0) is 48.2 Å². The highest BCUT2D eigenvalue weighted by atomic mass is 16.4. The van der Waals surface area contributed by atoms with Crippen molar-refractivity contribution in [1.82, 2.24) is 4.57 Å². The Bertz CT molecular complexity index is 1010. The molecule has 1 aromatic heterocycles. The molecule has 0 spiro atoms. The van der Waals surface area contributed by atoms with E-state index in [-0.39, 0.29) is 11.6 Å². The van der Waals surface area contributed by atoms with Crippen molar-refractivity contribution in [1.29, 1.82) is 5.26 Å². The molecule has 0 saturated carbocycles. The van der Waals surface area contributed by atoms with E-state index in [2.05, 4.69) is 26.0 Å². The Hall–Kier alpha value is -3.06. The van der Waals surface area contributed by atoms with Gasteiger partial charge in [0.2, 0.25) is 0 Å². The van der Waals surface area contributed by atoms with Crippen LogP contribution in [0.15, 0.2) is 42.5 Å². The molecular formula is C21H20N2O2. The van der Waals surface area contributed by atoms with Crippen molar-refractivity contribution in [3.05, 3.63) is 70.4 Å². The number of fused-ring (bicyclic) bond motifs is 1. The van der Waals surface area contributed by atoms with E-state index in [1.165, 1.54) is 0 Å². The maximum atomic E-state index is 11.8. The third-order valence-electron chi connectivity index (χ3n) is 4.40. The summed E-state index contributed by atoms with van der Waals surface area (Å²) >= 11 is 0. The summed E-state index contributed by atoms with van der Waals surface area (Å²) < 4.78 is 1.85. The lowest BCUT2D eigenvalue weighted by atomic mass is 9.98. The molecule has 0 radical (unpaired) electrons. The van der Waals surface area contributed by atoms with Crippen molar-refractivity contribution >= 4 is 16.9 Å². The van der Waals surface area contributed by atoms with Crippen LogP contribution in [0, 0.1) is 18.3 Å². The zero-order valence-corrected chi connectivity index (χ0v) is 14.6. The van der Waals surface area contributed by atoms with Gasteiger partial charge in [-0.15, -0.1) is 0 Å². The third-order valence-corrected chi connectivity index (χ3v) is 4.40. The van der Waals surface area contributed by atoms with Crippen LogP contribution in [0.1, 0.15) is 52.5 Å². The Morgan fingerprint density at radius 1 is 1.24 bits per heavy atom. The average Bonchev–Trinajstić information content (AvgIpc) is 2.92. The van der Waals surface area contributed by atoms with Gasteiger partial charge in [0, 0.05) is 11.9 Å². The van der Waals surface area contributed by atoms with Gasteiger partial charge in [0.15, 0.2) is 0 Å². The van der Waals surface area contributed by atoms with Crippen LogP contribution >= 0.6 is 0 Å². The molecule has 0 bridgehead atoms. The summed E-state index contributed by atoms with van der Waals surface area (Å²) in [5.41, 5.74) is 4.97. The van der Waals surface area contributed by atoms with Gasteiger partial charge >= 0.3 is 5.97 Å². The molecule has 0 unspecified atom stereocenters. The highest BCUT2D eigenvalue weighted by Crippen LogP contribution is 2.31. The van der Waals surface area contributed by atoms with E-state index in [0.29, 0.717) is 12.1 Å². The molecule has 3 rings (SSSR count). The standard InChI is InChI=1S/C21H20N2O2/c1-13(2)18-8-14(3)7-17-10-19(21(24)25)23(20(17)18)12-16-6-4-5-15(9-16)11-22/h4-10,13H,12H2,1-3H3,(H,24,25). The second kappa shape index (κ2) is 6.45. The second-order valence-corrected chi connectivity index (χ2v) is 6.68. The van der Waals surface area contributed by atoms with Crippen LogP contribution in [0.2, 0.25) is 0 Å². The fraction of sp³-hybridized carbons (Fsp3) is 0.238. The summed E-state index contributed by atoms with van der Waals surface area (Å²) in [6.07, 6.45) is 0. The Kier molecular flexibility index (Phi) is 4.33. The van der Waals surface area contributed by atoms with Crippen LogP contribution in [0.5, 0.6) is 0 Å². The molecule has 2 aromatic carbocycles. The molecule has 1 heterocycles. The van der Waals surface area contributed by atoms with E-state index < -0.39 is 5.97 Å². The Morgan fingerprint density at radius 3 is 2.64 bits per heavy atom. The number of hydrogen-bond donors (Lipinski definition) is 1. The topological polar surface area (TPSA) is 66.0 Å². The van der Waals surface area contributed by atoms with Gasteiger partial charge in [-0.2, -0.15) is 5.26 Å². The summed E-state index contributed by atoms with van der Waals surface area (Å²) in [7, 11) is 0. The first kappa shape index (κ1) is 16.8. The van der Waals surface area contributed by atoms with E-state index in [1.54, 1.807) is 18.2 Å². The zero-order chi connectivity index (χ0) is 18.1. The number of hydrogen-bond acceptors (Lipinski definition) is 2. The fourth-order valence-corrected chi connectivity index (χ4v) is 3.31. The largest absolute Gasteiger partial charge is 0.477 e. The monoisotopic (exact) mass is 332 g/mol. The van der Waals surface area contributed by atoms with Gasteiger partial charge in [-0.25, -0.2) is 4.79 Å². The van der Waals surface area contributed by atoms with Crippen LogP contribution in [-0.4, -0.2) is 15.6 Å². The van der Waals surface area contributed by atoms with Crippen molar-refractivity contribution in [2.24, 2.45) is 0 Å². The summed E-state index contributed by atoms with van der Waals surface area (Å²) in [6, 6.07) is 15.3. The van der Waals surface area contributed by atoms with E-state index in [1.807, 2.05) is 29.7 Å². The first-order valence-electron chi connectivity index (χ1n) is 8.27. The minimum atomic E-state index is -0.944. The van der Waals surface area contributed by atoms with Gasteiger partial charge in [-0.1, -0.05) is 37.6 Å². The maximum Gasteiger partial charge on any atom is 0.352 e. The molecule has 0 aliphatic carbocycles. The van der Waals surface area contributed by atoms with E-state index in [0.717, 1.165) is 27.6 Å². The van der Waals surface area contributed by atoms with Crippen molar-refractivity contribution < 1.29 is 9.90 Å². The summed E-state index contributed by atoms with van der Waals surface area (Å²) in [5, 5.41) is 19.7. The zero-order valence-electron chi connectivity index (χ0n) is 14.6. The van der Waals surface area contributed by atoms with Crippen LogP contribution in [0.4, 0.5) is 0 Å². The molecule has 0 aliphatic heterocycles. The molecule has 0 saturated heterocycles. The molecule has 4 nitrogen and oxygen atoms in total. The predicted octanol–water partition coefficient (Wildman–Crippen LogP) is 4.69. The Labute approximate surface area is 146 Å².